The Morgan fingerprint density at radius 1 is 1.22 bits per heavy atom. The van der Waals surface area contributed by atoms with Crippen LogP contribution in [-0.4, -0.2) is 60.6 Å². The van der Waals surface area contributed by atoms with Gasteiger partial charge in [-0.05, 0) is 55.5 Å². The zero-order valence-electron chi connectivity index (χ0n) is 13.9. The molecule has 0 aromatic carbocycles. The van der Waals surface area contributed by atoms with Crippen LogP contribution >= 0.6 is 11.3 Å². The van der Waals surface area contributed by atoms with Gasteiger partial charge in [-0.3, -0.25) is 9.69 Å². The second-order valence-electron chi connectivity index (χ2n) is 7.19. The number of ether oxygens (including phenoxy) is 1. The molecule has 1 amide bonds. The Morgan fingerprint density at radius 3 is 2.74 bits per heavy atom. The zero-order valence-corrected chi connectivity index (χ0v) is 14.7. The molecular formula is C18H26N2O2S. The van der Waals surface area contributed by atoms with Gasteiger partial charge in [0, 0.05) is 44.9 Å². The lowest BCUT2D eigenvalue weighted by Crippen LogP contribution is -2.41. The molecule has 0 unspecified atom stereocenters. The van der Waals surface area contributed by atoms with Gasteiger partial charge in [0.05, 0.1) is 4.88 Å². The Hall–Kier alpha value is -0.910. The van der Waals surface area contributed by atoms with E-state index in [1.165, 1.54) is 19.4 Å². The maximum absolute atomic E-state index is 12.9. The molecule has 3 aliphatic rings. The first-order valence-corrected chi connectivity index (χ1v) is 9.79. The molecule has 1 aromatic heterocycles. The molecule has 0 radical (unpaired) electrons. The lowest BCUT2D eigenvalue weighted by Gasteiger charge is -2.30. The van der Waals surface area contributed by atoms with Crippen LogP contribution in [0, 0.1) is 12.8 Å². The van der Waals surface area contributed by atoms with Gasteiger partial charge in [-0.1, -0.05) is 0 Å². The van der Waals surface area contributed by atoms with Crippen LogP contribution < -0.4 is 0 Å². The van der Waals surface area contributed by atoms with E-state index in [0.29, 0.717) is 12.1 Å². The van der Waals surface area contributed by atoms with Gasteiger partial charge in [0.2, 0.25) is 0 Å². The van der Waals surface area contributed by atoms with Crippen LogP contribution in [-0.2, 0) is 4.74 Å². The van der Waals surface area contributed by atoms with Crippen molar-refractivity contribution in [2.75, 3.05) is 32.8 Å². The van der Waals surface area contributed by atoms with Gasteiger partial charge in [0.1, 0.15) is 0 Å². The number of likely N-dealkylation sites (tertiary alicyclic amines) is 2. The molecule has 2 atom stereocenters. The summed E-state index contributed by atoms with van der Waals surface area (Å²) in [5.41, 5.74) is 1.13. The molecule has 0 spiro atoms. The molecule has 23 heavy (non-hydrogen) atoms. The summed E-state index contributed by atoms with van der Waals surface area (Å²) >= 11 is 1.59. The van der Waals surface area contributed by atoms with Gasteiger partial charge in [0.25, 0.3) is 5.91 Å². The van der Waals surface area contributed by atoms with Crippen molar-refractivity contribution in [1.82, 2.24) is 9.80 Å². The van der Waals surface area contributed by atoms with Crippen LogP contribution in [0.3, 0.4) is 0 Å². The van der Waals surface area contributed by atoms with Crippen LogP contribution in [0.5, 0.6) is 0 Å². The minimum Gasteiger partial charge on any atom is -0.381 e. The van der Waals surface area contributed by atoms with Crippen molar-refractivity contribution in [1.29, 1.82) is 0 Å². The average molecular weight is 334 g/mol. The van der Waals surface area contributed by atoms with Crippen LogP contribution in [0.2, 0.25) is 0 Å². The molecule has 0 aliphatic carbocycles. The van der Waals surface area contributed by atoms with E-state index in [-0.39, 0.29) is 5.91 Å². The summed E-state index contributed by atoms with van der Waals surface area (Å²) < 4.78 is 5.48. The number of rotatable bonds is 3. The Labute approximate surface area is 142 Å². The number of carbonyl (C=O) groups excluding carboxylic acids is 1. The first-order valence-electron chi connectivity index (χ1n) is 8.91. The second-order valence-corrected chi connectivity index (χ2v) is 8.11. The summed E-state index contributed by atoms with van der Waals surface area (Å²) in [6, 6.07) is 3.07. The molecule has 4 heterocycles. The molecule has 4 rings (SSSR count). The highest BCUT2D eigenvalue weighted by Gasteiger charge is 2.45. The number of amides is 1. The number of fused-ring (bicyclic) bond motifs is 1. The molecule has 0 saturated carbocycles. The van der Waals surface area contributed by atoms with Crippen molar-refractivity contribution < 1.29 is 9.53 Å². The van der Waals surface area contributed by atoms with E-state index < -0.39 is 0 Å². The Balaban J connectivity index is 1.41. The number of nitrogens with zero attached hydrogens (tertiary/aromatic N) is 2. The minimum atomic E-state index is 0.262. The molecule has 5 heteroatoms. The van der Waals surface area contributed by atoms with Gasteiger partial charge in [-0.2, -0.15) is 0 Å². The minimum absolute atomic E-state index is 0.262. The first-order chi connectivity index (χ1) is 11.2. The van der Waals surface area contributed by atoms with E-state index in [0.717, 1.165) is 55.5 Å². The van der Waals surface area contributed by atoms with Crippen LogP contribution in [0.1, 0.15) is 40.9 Å². The summed E-state index contributed by atoms with van der Waals surface area (Å²) in [6.07, 6.45) is 4.68. The quantitative estimate of drug-likeness (QED) is 0.852. The summed E-state index contributed by atoms with van der Waals surface area (Å²) in [4.78, 5) is 18.6. The summed E-state index contributed by atoms with van der Waals surface area (Å²) in [5, 5.41) is 2.03. The molecular weight excluding hydrogens is 308 g/mol. The lowest BCUT2D eigenvalue weighted by molar-refractivity contribution is 0.0502. The fraction of sp³-hybridized carbons (Fsp3) is 0.722. The molecule has 1 aromatic rings. The maximum Gasteiger partial charge on any atom is 0.264 e. The third kappa shape index (κ3) is 2.94. The van der Waals surface area contributed by atoms with E-state index >= 15 is 0 Å². The second kappa shape index (κ2) is 6.54. The largest absolute Gasteiger partial charge is 0.381 e. The molecule has 126 valence electrons. The van der Waals surface area contributed by atoms with E-state index in [2.05, 4.69) is 15.9 Å². The Kier molecular flexibility index (Phi) is 4.43. The maximum atomic E-state index is 12.9. The van der Waals surface area contributed by atoms with Crippen molar-refractivity contribution >= 4 is 17.2 Å². The van der Waals surface area contributed by atoms with E-state index in [1.54, 1.807) is 11.3 Å². The highest BCUT2D eigenvalue weighted by atomic mass is 32.1. The fourth-order valence-corrected chi connectivity index (χ4v) is 5.42. The third-order valence-corrected chi connectivity index (χ3v) is 6.85. The number of carbonyl (C=O) groups is 1. The van der Waals surface area contributed by atoms with E-state index in [4.69, 9.17) is 4.74 Å². The molecule has 3 fully saturated rings. The molecule has 4 nitrogen and oxygen atoms in total. The Morgan fingerprint density at radius 2 is 2.00 bits per heavy atom. The van der Waals surface area contributed by atoms with Crippen molar-refractivity contribution in [2.45, 2.75) is 44.7 Å². The van der Waals surface area contributed by atoms with Gasteiger partial charge in [-0.15, -0.1) is 11.3 Å². The van der Waals surface area contributed by atoms with Crippen molar-refractivity contribution in [3.8, 4) is 0 Å². The first kappa shape index (κ1) is 15.6. The van der Waals surface area contributed by atoms with Gasteiger partial charge in [-0.25, -0.2) is 0 Å². The summed E-state index contributed by atoms with van der Waals surface area (Å²) in [5.74, 6) is 1.05. The van der Waals surface area contributed by atoms with Crippen molar-refractivity contribution in [2.24, 2.45) is 5.92 Å². The number of thiophene rings is 1. The van der Waals surface area contributed by atoms with Crippen LogP contribution in [0.15, 0.2) is 11.4 Å². The topological polar surface area (TPSA) is 32.8 Å². The van der Waals surface area contributed by atoms with E-state index in [1.807, 2.05) is 12.3 Å². The lowest BCUT2D eigenvalue weighted by atomic mass is 9.99. The summed E-state index contributed by atoms with van der Waals surface area (Å²) in [6.45, 7) is 7.17. The predicted molar refractivity (Wildman–Crippen MR) is 92.0 cm³/mol. The monoisotopic (exact) mass is 334 g/mol. The highest BCUT2D eigenvalue weighted by molar-refractivity contribution is 7.12. The average Bonchev–Trinajstić information content (AvgIpc) is 3.25. The highest BCUT2D eigenvalue weighted by Crippen LogP contribution is 2.35. The normalized spacial score (nSPS) is 29.2. The van der Waals surface area contributed by atoms with Gasteiger partial charge in [0.15, 0.2) is 0 Å². The third-order valence-electron chi connectivity index (χ3n) is 5.84. The van der Waals surface area contributed by atoms with Crippen molar-refractivity contribution in [3.05, 3.63) is 21.9 Å². The van der Waals surface area contributed by atoms with Crippen molar-refractivity contribution in [3.63, 3.8) is 0 Å². The molecule has 3 saturated heterocycles. The molecule has 0 bridgehead atoms. The molecule has 0 N–H and O–H groups in total. The zero-order chi connectivity index (χ0) is 15.8. The molecule has 3 aliphatic heterocycles. The number of hydrogen-bond acceptors (Lipinski definition) is 4. The smallest absolute Gasteiger partial charge is 0.264 e. The van der Waals surface area contributed by atoms with Gasteiger partial charge < -0.3 is 9.64 Å². The summed E-state index contributed by atoms with van der Waals surface area (Å²) in [7, 11) is 0. The number of aryl methyl sites for hydroxylation is 1. The van der Waals surface area contributed by atoms with Crippen LogP contribution in [0.4, 0.5) is 0 Å². The predicted octanol–water partition coefficient (Wildman–Crippen LogP) is 2.77. The van der Waals surface area contributed by atoms with Gasteiger partial charge >= 0.3 is 0 Å². The Bertz CT molecular complexity index is 567. The standard InChI is InChI=1S/C18H26N2O2S/c1-13-6-11-23-17(13)18(21)20-8-3-15-16(20)2-7-19(15)12-14-4-9-22-10-5-14/h6,11,14-16H,2-5,7-10,12H2,1H3/t15-,16+/m0/s1. The number of hydrogen-bond donors (Lipinski definition) is 0. The fourth-order valence-electron chi connectivity index (χ4n) is 4.54. The van der Waals surface area contributed by atoms with Crippen LogP contribution in [0.25, 0.3) is 0 Å². The SMILES string of the molecule is Cc1ccsc1C(=O)N1CC[C@H]2[C@H]1CCN2CC1CCOCC1. The van der Waals surface area contributed by atoms with E-state index in [9.17, 15) is 4.79 Å².